The average Bonchev–Trinajstić information content (AvgIpc) is 2.68. The van der Waals surface area contributed by atoms with Crippen LogP contribution in [-0.4, -0.2) is 17.6 Å². The largest absolute Gasteiger partial charge is 0.462 e. The molecule has 3 rings (SSSR count). The molecular weight excluding hydrogens is 417 g/mol. The molecule has 1 heterocycles. The van der Waals surface area contributed by atoms with Gasteiger partial charge in [0.15, 0.2) is 0 Å². The Kier molecular flexibility index (Phi) is 6.61. The lowest BCUT2D eigenvalue weighted by molar-refractivity contribution is 0.0527. The number of pyridine rings is 1. The summed E-state index contributed by atoms with van der Waals surface area (Å²) in [5.41, 5.74) is 3.98. The van der Waals surface area contributed by atoms with E-state index >= 15 is 0 Å². The van der Waals surface area contributed by atoms with Gasteiger partial charge in [-0.15, -0.1) is 0 Å². The van der Waals surface area contributed by atoms with E-state index in [2.05, 4.69) is 4.98 Å². The molecule has 3 aromatic rings. The molecule has 0 aliphatic carbocycles. The molecule has 144 valence electrons. The van der Waals surface area contributed by atoms with Crippen molar-refractivity contribution in [2.75, 3.05) is 6.61 Å². The number of benzene rings is 2. The number of carbonyl (C=O) groups is 1. The number of carbonyl (C=O) groups excluding carboxylic acids is 1. The van der Waals surface area contributed by atoms with Crippen molar-refractivity contribution in [1.82, 2.24) is 4.98 Å². The first-order chi connectivity index (χ1) is 13.5. The van der Waals surface area contributed by atoms with Crippen molar-refractivity contribution >= 4 is 40.8 Å². The second-order valence-corrected chi connectivity index (χ2v) is 7.25. The van der Waals surface area contributed by atoms with E-state index in [0.717, 1.165) is 11.1 Å². The van der Waals surface area contributed by atoms with Gasteiger partial charge in [0, 0.05) is 26.7 Å². The highest BCUT2D eigenvalue weighted by molar-refractivity contribution is 6.37. The molecule has 0 saturated heterocycles. The summed E-state index contributed by atoms with van der Waals surface area (Å²) in [5.74, 6) is -0.532. The number of ether oxygens (including phenoxy) is 1. The van der Waals surface area contributed by atoms with E-state index in [0.29, 0.717) is 33.3 Å². The van der Waals surface area contributed by atoms with Crippen LogP contribution in [0.4, 0.5) is 0 Å². The van der Waals surface area contributed by atoms with Gasteiger partial charge in [-0.3, -0.25) is 0 Å². The maximum absolute atomic E-state index is 12.7. The van der Waals surface area contributed by atoms with Gasteiger partial charge in [-0.1, -0.05) is 78.1 Å². The summed E-state index contributed by atoms with van der Waals surface area (Å²) in [6.07, 6.45) is 0.620. The fraction of sp³-hybridized carbons (Fsp3) is 0.182. The van der Waals surface area contributed by atoms with Crippen LogP contribution in [-0.2, 0) is 11.2 Å². The fourth-order valence-corrected chi connectivity index (χ4v) is 3.91. The summed E-state index contributed by atoms with van der Waals surface area (Å²) in [7, 11) is 0. The van der Waals surface area contributed by atoms with Crippen molar-refractivity contribution in [1.29, 1.82) is 0 Å². The highest BCUT2D eigenvalue weighted by Crippen LogP contribution is 2.41. The molecule has 0 aliphatic rings. The SMILES string of the molecule is CCOC(=O)c1c(Cl)nc(-c2ccccc2)c(CC)c1-c1ccc(Cl)cc1Cl. The Hall–Kier alpha value is -2.07. The third kappa shape index (κ3) is 4.02. The van der Waals surface area contributed by atoms with Crippen LogP contribution in [0.1, 0.15) is 29.8 Å². The fourth-order valence-electron chi connectivity index (χ4n) is 3.15. The van der Waals surface area contributed by atoms with Crippen molar-refractivity contribution in [3.05, 3.63) is 74.9 Å². The molecule has 2 aromatic carbocycles. The Bertz CT molecular complexity index is 1020. The summed E-state index contributed by atoms with van der Waals surface area (Å²) in [4.78, 5) is 17.3. The lowest BCUT2D eigenvalue weighted by atomic mass is 9.90. The lowest BCUT2D eigenvalue weighted by Gasteiger charge is -2.19. The minimum Gasteiger partial charge on any atom is -0.462 e. The summed E-state index contributed by atoms with van der Waals surface area (Å²) >= 11 is 19.1. The standard InChI is InChI=1S/C22H18Cl3NO2/c1-3-15-18(16-11-10-14(23)12-17(16)24)19(22(27)28-4-2)21(25)26-20(15)13-8-6-5-7-9-13/h5-12H,3-4H2,1-2H3. The summed E-state index contributed by atoms with van der Waals surface area (Å²) in [5, 5.41) is 1.01. The molecule has 0 amide bonds. The van der Waals surface area contributed by atoms with Gasteiger partial charge >= 0.3 is 5.97 Å². The normalized spacial score (nSPS) is 10.8. The molecule has 28 heavy (non-hydrogen) atoms. The molecule has 0 spiro atoms. The van der Waals surface area contributed by atoms with E-state index in [1.54, 1.807) is 25.1 Å². The van der Waals surface area contributed by atoms with Crippen molar-refractivity contribution in [3.8, 4) is 22.4 Å². The summed E-state index contributed by atoms with van der Waals surface area (Å²) in [6.45, 7) is 3.97. The third-order valence-corrected chi connectivity index (χ3v) is 5.16. The van der Waals surface area contributed by atoms with Gasteiger partial charge in [0.05, 0.1) is 12.3 Å². The van der Waals surface area contributed by atoms with E-state index in [9.17, 15) is 4.79 Å². The third-order valence-electron chi connectivity index (χ3n) is 4.33. The van der Waals surface area contributed by atoms with Gasteiger partial charge in [-0.2, -0.15) is 0 Å². The number of rotatable bonds is 5. The highest BCUT2D eigenvalue weighted by Gasteiger charge is 2.26. The average molecular weight is 435 g/mol. The zero-order valence-corrected chi connectivity index (χ0v) is 17.7. The van der Waals surface area contributed by atoms with Gasteiger partial charge in [-0.05, 0) is 31.0 Å². The number of aromatic nitrogens is 1. The first-order valence-corrected chi connectivity index (χ1v) is 10.0. The zero-order chi connectivity index (χ0) is 20.3. The number of hydrogen-bond acceptors (Lipinski definition) is 3. The molecular formula is C22H18Cl3NO2. The molecule has 0 bridgehead atoms. The molecule has 6 heteroatoms. The van der Waals surface area contributed by atoms with E-state index in [-0.39, 0.29) is 17.3 Å². The Morgan fingerprint density at radius 1 is 1.04 bits per heavy atom. The Morgan fingerprint density at radius 3 is 2.36 bits per heavy atom. The van der Waals surface area contributed by atoms with E-state index in [1.807, 2.05) is 37.3 Å². The summed E-state index contributed by atoms with van der Waals surface area (Å²) in [6, 6.07) is 14.9. The molecule has 1 aromatic heterocycles. The zero-order valence-electron chi connectivity index (χ0n) is 15.4. The van der Waals surface area contributed by atoms with Crippen LogP contribution in [0.2, 0.25) is 15.2 Å². The quantitative estimate of drug-likeness (QED) is 0.317. The smallest absolute Gasteiger partial charge is 0.341 e. The monoisotopic (exact) mass is 433 g/mol. The highest BCUT2D eigenvalue weighted by atomic mass is 35.5. The predicted molar refractivity (Wildman–Crippen MR) is 115 cm³/mol. The van der Waals surface area contributed by atoms with Crippen LogP contribution >= 0.6 is 34.8 Å². The second kappa shape index (κ2) is 8.95. The van der Waals surface area contributed by atoms with Crippen molar-refractivity contribution in [2.24, 2.45) is 0 Å². The van der Waals surface area contributed by atoms with Crippen molar-refractivity contribution in [3.63, 3.8) is 0 Å². The van der Waals surface area contributed by atoms with E-state index < -0.39 is 5.97 Å². The lowest BCUT2D eigenvalue weighted by Crippen LogP contribution is -2.12. The van der Waals surface area contributed by atoms with Gasteiger partial charge in [0.1, 0.15) is 10.7 Å². The maximum Gasteiger partial charge on any atom is 0.341 e. The predicted octanol–water partition coefficient (Wildman–Crippen LogP) is 7.11. The first-order valence-electron chi connectivity index (χ1n) is 8.88. The van der Waals surface area contributed by atoms with Crippen LogP contribution < -0.4 is 0 Å². The van der Waals surface area contributed by atoms with Crippen LogP contribution in [0.5, 0.6) is 0 Å². The molecule has 0 saturated carbocycles. The van der Waals surface area contributed by atoms with Crippen LogP contribution in [0.3, 0.4) is 0 Å². The molecule has 0 fully saturated rings. The van der Waals surface area contributed by atoms with E-state index in [1.165, 1.54) is 0 Å². The number of hydrogen-bond donors (Lipinski definition) is 0. The second-order valence-electron chi connectivity index (χ2n) is 6.04. The number of halogens is 3. The van der Waals surface area contributed by atoms with Crippen LogP contribution in [0.15, 0.2) is 48.5 Å². The summed E-state index contributed by atoms with van der Waals surface area (Å²) < 4.78 is 5.25. The van der Waals surface area contributed by atoms with Crippen LogP contribution in [0, 0.1) is 0 Å². The molecule has 0 radical (unpaired) electrons. The Balaban J connectivity index is 2.41. The molecule has 0 atom stereocenters. The van der Waals surface area contributed by atoms with Crippen LogP contribution in [0.25, 0.3) is 22.4 Å². The molecule has 0 aliphatic heterocycles. The van der Waals surface area contributed by atoms with Crippen molar-refractivity contribution in [2.45, 2.75) is 20.3 Å². The Labute approximate surface area is 179 Å². The van der Waals surface area contributed by atoms with E-state index in [4.69, 9.17) is 39.5 Å². The molecule has 3 nitrogen and oxygen atoms in total. The first kappa shape index (κ1) is 20.7. The number of nitrogens with zero attached hydrogens (tertiary/aromatic N) is 1. The van der Waals surface area contributed by atoms with Crippen molar-refractivity contribution < 1.29 is 9.53 Å². The molecule has 0 N–H and O–H groups in total. The van der Waals surface area contributed by atoms with Gasteiger partial charge in [0.25, 0.3) is 0 Å². The molecule has 0 unspecified atom stereocenters. The van der Waals surface area contributed by atoms with Gasteiger partial charge in [0.2, 0.25) is 0 Å². The number of esters is 1. The minimum atomic E-state index is -0.532. The minimum absolute atomic E-state index is 0.0792. The van der Waals surface area contributed by atoms with Gasteiger partial charge in [-0.25, -0.2) is 9.78 Å². The maximum atomic E-state index is 12.7. The van der Waals surface area contributed by atoms with Gasteiger partial charge < -0.3 is 4.74 Å². The topological polar surface area (TPSA) is 39.2 Å². The Morgan fingerprint density at radius 2 is 1.75 bits per heavy atom.